The zero-order chi connectivity index (χ0) is 21.4. The second kappa shape index (κ2) is 7.97. The lowest BCUT2D eigenvalue weighted by Crippen LogP contribution is -2.34. The summed E-state index contributed by atoms with van der Waals surface area (Å²) < 4.78 is 13.9. The zero-order valence-electron chi connectivity index (χ0n) is 17.7. The van der Waals surface area contributed by atoms with Gasteiger partial charge in [-0.1, -0.05) is 0 Å². The average Bonchev–Trinajstić information content (AvgIpc) is 3.44. The number of methoxy groups -OCH3 is 1. The van der Waals surface area contributed by atoms with E-state index < -0.39 is 0 Å². The third-order valence-electron chi connectivity index (χ3n) is 6.02. The predicted molar refractivity (Wildman–Crippen MR) is 120 cm³/mol. The van der Waals surface area contributed by atoms with Crippen LogP contribution in [-0.2, 0) is 6.54 Å². The first-order valence-electron chi connectivity index (χ1n) is 10.6. The molecule has 0 amide bonds. The number of aryl methyl sites for hydroxylation is 1. The van der Waals surface area contributed by atoms with Gasteiger partial charge in [0, 0.05) is 34.2 Å². The van der Waals surface area contributed by atoms with Crippen molar-refractivity contribution in [3.63, 3.8) is 0 Å². The lowest BCUT2D eigenvalue weighted by atomic mass is 10.0. The van der Waals surface area contributed by atoms with Gasteiger partial charge in [0.05, 0.1) is 19.2 Å². The van der Waals surface area contributed by atoms with Crippen molar-refractivity contribution in [2.24, 2.45) is 0 Å². The Hall–Kier alpha value is -3.50. The van der Waals surface area contributed by atoms with Crippen LogP contribution in [0.5, 0.6) is 11.5 Å². The van der Waals surface area contributed by atoms with Gasteiger partial charge >= 0.3 is 0 Å². The van der Waals surface area contributed by atoms with Crippen LogP contribution in [0.15, 0.2) is 36.7 Å². The Labute approximate surface area is 180 Å². The van der Waals surface area contributed by atoms with Gasteiger partial charge in [0.15, 0.2) is 5.75 Å². The fourth-order valence-electron chi connectivity index (χ4n) is 4.42. The van der Waals surface area contributed by atoms with Crippen LogP contribution >= 0.6 is 0 Å². The van der Waals surface area contributed by atoms with Crippen LogP contribution in [0.4, 0.5) is 0 Å². The molecule has 1 fully saturated rings. The van der Waals surface area contributed by atoms with Crippen LogP contribution < -0.4 is 14.8 Å². The molecule has 2 N–H and O–H groups in total. The van der Waals surface area contributed by atoms with E-state index in [1.165, 1.54) is 0 Å². The van der Waals surface area contributed by atoms with Crippen molar-refractivity contribution in [1.82, 2.24) is 20.1 Å². The zero-order valence-corrected chi connectivity index (χ0v) is 17.7. The van der Waals surface area contributed by atoms with Gasteiger partial charge in [-0.15, -0.1) is 0 Å². The third-order valence-corrected chi connectivity index (χ3v) is 6.02. The molecule has 1 saturated heterocycles. The standard InChI is InChI=1S/C24H25N5O2/c1-15-11-21(30-2)20(19-7-10-27-22(15)19)14-29-13-17-4-3-16(12-25)24(23(17)28-29)31-18-5-8-26-9-6-18/h3-4,7,10-11,13,18,26-27H,5-6,8-9,14H2,1-2H3. The number of ether oxygens (including phenoxy) is 2. The minimum atomic E-state index is 0.0979. The Morgan fingerprint density at radius 1 is 1.26 bits per heavy atom. The Morgan fingerprint density at radius 3 is 2.87 bits per heavy atom. The van der Waals surface area contributed by atoms with Crippen molar-refractivity contribution < 1.29 is 9.47 Å². The van der Waals surface area contributed by atoms with E-state index in [0.717, 1.165) is 64.6 Å². The van der Waals surface area contributed by atoms with Crippen molar-refractivity contribution in [3.8, 4) is 17.6 Å². The molecule has 0 atom stereocenters. The van der Waals surface area contributed by atoms with Gasteiger partial charge in [0.1, 0.15) is 23.4 Å². The number of aromatic amines is 1. The monoisotopic (exact) mass is 415 g/mol. The van der Waals surface area contributed by atoms with Crippen molar-refractivity contribution in [3.05, 3.63) is 53.3 Å². The summed E-state index contributed by atoms with van der Waals surface area (Å²) in [5, 5.41) is 19.9. The molecule has 4 aromatic rings. The van der Waals surface area contributed by atoms with E-state index in [9.17, 15) is 5.26 Å². The van der Waals surface area contributed by atoms with Crippen LogP contribution in [0.2, 0.25) is 0 Å². The Bertz CT molecular complexity index is 1290. The number of aromatic nitrogens is 3. The number of nitrogens with zero attached hydrogens (tertiary/aromatic N) is 3. The highest BCUT2D eigenvalue weighted by atomic mass is 16.5. The molecule has 158 valence electrons. The molecule has 0 spiro atoms. The summed E-state index contributed by atoms with van der Waals surface area (Å²) in [6.45, 7) is 4.48. The molecular weight excluding hydrogens is 390 g/mol. The van der Waals surface area contributed by atoms with Crippen molar-refractivity contribution in [2.45, 2.75) is 32.4 Å². The van der Waals surface area contributed by atoms with Gasteiger partial charge in [0.2, 0.25) is 0 Å². The summed E-state index contributed by atoms with van der Waals surface area (Å²) in [4.78, 5) is 3.32. The number of rotatable bonds is 5. The third kappa shape index (κ3) is 3.49. The van der Waals surface area contributed by atoms with Crippen LogP contribution in [0.1, 0.15) is 29.5 Å². The molecular formula is C24H25N5O2. The van der Waals surface area contributed by atoms with Gasteiger partial charge in [-0.05, 0) is 62.7 Å². The molecule has 7 nitrogen and oxygen atoms in total. The molecule has 0 bridgehead atoms. The number of nitrogens with one attached hydrogen (secondary N) is 2. The summed E-state index contributed by atoms with van der Waals surface area (Å²) >= 11 is 0. The van der Waals surface area contributed by atoms with Crippen molar-refractivity contribution in [1.29, 1.82) is 5.26 Å². The highest BCUT2D eigenvalue weighted by molar-refractivity contribution is 5.89. The SMILES string of the molecule is COc1cc(C)c2[nH]ccc2c1Cn1cc2ccc(C#N)c(OC3CCNCC3)c2n1. The minimum absolute atomic E-state index is 0.0979. The molecule has 0 radical (unpaired) electrons. The average molecular weight is 415 g/mol. The van der Waals surface area contributed by atoms with Crippen LogP contribution in [0.25, 0.3) is 21.8 Å². The van der Waals surface area contributed by atoms with Gasteiger partial charge in [-0.2, -0.15) is 10.4 Å². The number of nitriles is 1. The van der Waals surface area contributed by atoms with E-state index >= 15 is 0 Å². The molecule has 5 rings (SSSR count). The van der Waals surface area contributed by atoms with Crippen molar-refractivity contribution in [2.75, 3.05) is 20.2 Å². The summed E-state index contributed by atoms with van der Waals surface area (Å²) in [6.07, 6.45) is 5.90. The first kappa shape index (κ1) is 19.5. The van der Waals surface area contributed by atoms with E-state index in [2.05, 4.69) is 35.4 Å². The highest BCUT2D eigenvalue weighted by Gasteiger charge is 2.20. The Morgan fingerprint density at radius 2 is 2.10 bits per heavy atom. The second-order valence-electron chi connectivity index (χ2n) is 8.03. The molecule has 1 aliphatic rings. The van der Waals surface area contributed by atoms with Crippen LogP contribution in [-0.4, -0.2) is 41.1 Å². The molecule has 0 aliphatic carbocycles. The van der Waals surface area contributed by atoms with E-state index in [4.69, 9.17) is 14.6 Å². The van der Waals surface area contributed by atoms with Gasteiger partial charge < -0.3 is 19.8 Å². The summed E-state index contributed by atoms with van der Waals surface area (Å²) in [5.41, 5.74) is 4.57. The normalized spacial score (nSPS) is 14.7. The fraction of sp³-hybridized carbons (Fsp3) is 0.333. The van der Waals surface area contributed by atoms with E-state index in [1.54, 1.807) is 7.11 Å². The summed E-state index contributed by atoms with van der Waals surface area (Å²) in [7, 11) is 1.69. The maximum absolute atomic E-state index is 9.64. The molecule has 3 heterocycles. The Kier molecular flexibility index (Phi) is 5.00. The van der Waals surface area contributed by atoms with E-state index in [1.807, 2.05) is 29.2 Å². The maximum Gasteiger partial charge on any atom is 0.165 e. The van der Waals surface area contributed by atoms with Gasteiger partial charge in [0.25, 0.3) is 0 Å². The van der Waals surface area contributed by atoms with Crippen LogP contribution in [0, 0.1) is 18.3 Å². The molecule has 0 saturated carbocycles. The minimum Gasteiger partial charge on any atom is -0.496 e. The molecule has 2 aromatic heterocycles. The van der Waals surface area contributed by atoms with Crippen molar-refractivity contribution >= 4 is 21.8 Å². The van der Waals surface area contributed by atoms with Gasteiger partial charge in [-0.3, -0.25) is 4.68 Å². The summed E-state index contributed by atoms with van der Waals surface area (Å²) in [5.74, 6) is 1.43. The largest absolute Gasteiger partial charge is 0.496 e. The van der Waals surface area contributed by atoms with E-state index in [0.29, 0.717) is 17.9 Å². The topological polar surface area (TPSA) is 87.9 Å². The van der Waals surface area contributed by atoms with E-state index in [-0.39, 0.29) is 6.10 Å². The molecule has 2 aromatic carbocycles. The maximum atomic E-state index is 9.64. The molecule has 1 aliphatic heterocycles. The first-order chi connectivity index (χ1) is 15.2. The first-order valence-corrected chi connectivity index (χ1v) is 10.6. The molecule has 7 heteroatoms. The number of fused-ring (bicyclic) bond motifs is 2. The lowest BCUT2D eigenvalue weighted by molar-refractivity contribution is 0.164. The Balaban J connectivity index is 1.56. The number of hydrogen-bond acceptors (Lipinski definition) is 5. The molecule has 0 unspecified atom stereocenters. The second-order valence-corrected chi connectivity index (χ2v) is 8.03. The lowest BCUT2D eigenvalue weighted by Gasteiger charge is -2.24. The van der Waals surface area contributed by atoms with Gasteiger partial charge in [-0.25, -0.2) is 0 Å². The smallest absolute Gasteiger partial charge is 0.165 e. The summed E-state index contributed by atoms with van der Waals surface area (Å²) in [6, 6.07) is 10.1. The molecule has 31 heavy (non-hydrogen) atoms. The quantitative estimate of drug-likeness (QED) is 0.516. The number of benzene rings is 2. The number of hydrogen-bond donors (Lipinski definition) is 2. The predicted octanol–water partition coefficient (Wildman–Crippen LogP) is 3.89. The highest BCUT2D eigenvalue weighted by Crippen LogP contribution is 2.33. The number of H-pyrrole nitrogens is 1. The van der Waals surface area contributed by atoms with Crippen LogP contribution in [0.3, 0.4) is 0 Å². The fourth-order valence-corrected chi connectivity index (χ4v) is 4.42. The number of piperidine rings is 1.